The maximum atomic E-state index is 12.7. The molecule has 3 saturated heterocycles. The van der Waals surface area contributed by atoms with E-state index in [1.165, 1.54) is 24.2 Å². The molecule has 2 aromatic heterocycles. The Bertz CT molecular complexity index is 683. The van der Waals surface area contributed by atoms with Crippen LogP contribution in [-0.4, -0.2) is 40.5 Å². The predicted molar refractivity (Wildman–Crippen MR) is 89.3 cm³/mol. The van der Waals surface area contributed by atoms with Crippen molar-refractivity contribution in [1.29, 1.82) is 0 Å². The Balaban J connectivity index is 1.58. The van der Waals surface area contributed by atoms with Crippen LogP contribution in [0.15, 0.2) is 24.4 Å². The van der Waals surface area contributed by atoms with Crippen molar-refractivity contribution in [1.82, 2.24) is 15.2 Å². The van der Waals surface area contributed by atoms with Crippen LogP contribution >= 0.6 is 11.3 Å². The average Bonchev–Trinajstić information content (AvgIpc) is 2.95. The highest BCUT2D eigenvalue weighted by Gasteiger charge is 2.48. The maximum absolute atomic E-state index is 12.7. The molecule has 3 aliphatic heterocycles. The number of aromatic nitrogens is 1. The Morgan fingerprint density at radius 1 is 1.41 bits per heavy atom. The standard InChI is InChI=1S/C17H21N3OS/c1-17(2)14(11-5-8-20(17)9-6-11)19-15(21)13-10-12-4-3-7-18-16(12)22-13/h3-4,7,10-11,14H,5-6,8-9H2,1-2H3,(H,19,21). The number of amides is 1. The fourth-order valence-electron chi connectivity index (χ4n) is 4.07. The Hall–Kier alpha value is -1.46. The van der Waals surface area contributed by atoms with Gasteiger partial charge in [-0.05, 0) is 57.8 Å². The zero-order chi connectivity index (χ0) is 15.3. The van der Waals surface area contributed by atoms with Crippen LogP contribution in [0.1, 0.15) is 36.4 Å². The lowest BCUT2D eigenvalue weighted by molar-refractivity contribution is -0.0377. The fourth-order valence-corrected chi connectivity index (χ4v) is 4.98. The summed E-state index contributed by atoms with van der Waals surface area (Å²) in [5, 5.41) is 4.37. The second kappa shape index (κ2) is 5.03. The number of rotatable bonds is 2. The number of pyridine rings is 1. The van der Waals surface area contributed by atoms with Gasteiger partial charge in [-0.2, -0.15) is 0 Å². The van der Waals surface area contributed by atoms with Gasteiger partial charge in [-0.3, -0.25) is 9.69 Å². The smallest absolute Gasteiger partial charge is 0.261 e. The molecule has 0 saturated carbocycles. The highest BCUT2D eigenvalue weighted by Crippen LogP contribution is 2.39. The zero-order valence-electron chi connectivity index (χ0n) is 13.0. The fraction of sp³-hybridized carbons (Fsp3) is 0.529. The number of nitrogens with one attached hydrogen (secondary N) is 1. The lowest BCUT2D eigenvalue weighted by Crippen LogP contribution is -2.69. The van der Waals surface area contributed by atoms with E-state index in [0.29, 0.717) is 5.92 Å². The van der Waals surface area contributed by atoms with Gasteiger partial charge in [-0.15, -0.1) is 11.3 Å². The second-order valence-corrected chi connectivity index (χ2v) is 7.97. The minimum atomic E-state index is 0.0474. The lowest BCUT2D eigenvalue weighted by atomic mass is 9.72. The zero-order valence-corrected chi connectivity index (χ0v) is 13.8. The van der Waals surface area contributed by atoms with E-state index in [-0.39, 0.29) is 17.5 Å². The summed E-state index contributed by atoms with van der Waals surface area (Å²) in [5.74, 6) is 0.659. The SMILES string of the molecule is CC1(C)C(NC(=O)c2cc3cccnc3s2)C2CCN1CC2. The number of carbonyl (C=O) groups is 1. The lowest BCUT2D eigenvalue weighted by Gasteiger charge is -2.56. The van der Waals surface area contributed by atoms with Gasteiger partial charge in [0.15, 0.2) is 0 Å². The van der Waals surface area contributed by atoms with E-state index in [2.05, 4.69) is 29.0 Å². The largest absolute Gasteiger partial charge is 0.346 e. The molecule has 1 amide bonds. The number of piperidine rings is 3. The molecular weight excluding hydrogens is 294 g/mol. The summed E-state index contributed by atoms with van der Waals surface area (Å²) in [4.78, 5) is 21.2. The van der Waals surface area contributed by atoms with Crippen molar-refractivity contribution in [2.45, 2.75) is 38.3 Å². The van der Waals surface area contributed by atoms with Crippen molar-refractivity contribution >= 4 is 27.5 Å². The van der Waals surface area contributed by atoms with E-state index < -0.39 is 0 Å². The van der Waals surface area contributed by atoms with Crippen LogP contribution in [0.4, 0.5) is 0 Å². The minimum absolute atomic E-state index is 0.0474. The molecule has 3 aliphatic rings. The first kappa shape index (κ1) is 14.2. The van der Waals surface area contributed by atoms with Crippen LogP contribution in [0.5, 0.6) is 0 Å². The molecule has 3 fully saturated rings. The molecule has 0 aromatic carbocycles. The van der Waals surface area contributed by atoms with Gasteiger partial charge in [-0.25, -0.2) is 4.98 Å². The van der Waals surface area contributed by atoms with Gasteiger partial charge in [0.2, 0.25) is 0 Å². The van der Waals surface area contributed by atoms with E-state index in [1.54, 1.807) is 6.20 Å². The molecule has 0 spiro atoms. The molecule has 2 bridgehead atoms. The average molecular weight is 315 g/mol. The Morgan fingerprint density at radius 3 is 2.86 bits per heavy atom. The van der Waals surface area contributed by atoms with Gasteiger partial charge in [0.1, 0.15) is 4.83 Å². The Kier molecular flexibility index (Phi) is 3.24. The highest BCUT2D eigenvalue weighted by atomic mass is 32.1. The van der Waals surface area contributed by atoms with Crippen molar-refractivity contribution in [2.75, 3.05) is 13.1 Å². The van der Waals surface area contributed by atoms with Crippen LogP contribution in [0, 0.1) is 5.92 Å². The van der Waals surface area contributed by atoms with Gasteiger partial charge in [0, 0.05) is 23.2 Å². The van der Waals surface area contributed by atoms with Crippen molar-refractivity contribution in [2.24, 2.45) is 5.92 Å². The third-order valence-corrected chi connectivity index (χ3v) is 6.45. The summed E-state index contributed by atoms with van der Waals surface area (Å²) in [6, 6.07) is 6.11. The van der Waals surface area contributed by atoms with Gasteiger partial charge in [0.05, 0.1) is 4.88 Å². The van der Waals surface area contributed by atoms with Crippen molar-refractivity contribution in [3.8, 4) is 0 Å². The molecule has 5 heterocycles. The first-order valence-corrected chi connectivity index (χ1v) is 8.78. The molecule has 2 aromatic rings. The van der Waals surface area contributed by atoms with Gasteiger partial charge in [0.25, 0.3) is 5.91 Å². The highest BCUT2D eigenvalue weighted by molar-refractivity contribution is 7.20. The summed E-state index contributed by atoms with van der Waals surface area (Å²) < 4.78 is 0. The molecule has 4 nitrogen and oxygen atoms in total. The molecule has 1 atom stereocenters. The van der Waals surface area contributed by atoms with Crippen LogP contribution < -0.4 is 5.32 Å². The van der Waals surface area contributed by atoms with Gasteiger partial charge >= 0.3 is 0 Å². The van der Waals surface area contributed by atoms with Gasteiger partial charge < -0.3 is 5.32 Å². The quantitative estimate of drug-likeness (QED) is 0.927. The third kappa shape index (κ3) is 2.15. The molecular formula is C17H21N3OS. The number of nitrogens with zero attached hydrogens (tertiary/aromatic N) is 2. The first-order chi connectivity index (χ1) is 10.6. The third-order valence-electron chi connectivity index (χ3n) is 5.39. The van der Waals surface area contributed by atoms with E-state index in [4.69, 9.17) is 0 Å². The summed E-state index contributed by atoms with van der Waals surface area (Å²) in [7, 11) is 0. The normalized spacial score (nSPS) is 29.6. The van der Waals surface area contributed by atoms with E-state index in [0.717, 1.165) is 28.2 Å². The van der Waals surface area contributed by atoms with Crippen molar-refractivity contribution in [3.05, 3.63) is 29.3 Å². The monoisotopic (exact) mass is 315 g/mol. The molecule has 1 N–H and O–H groups in total. The first-order valence-electron chi connectivity index (χ1n) is 7.96. The number of thiophene rings is 1. The summed E-state index contributed by atoms with van der Waals surface area (Å²) in [6.07, 6.45) is 4.17. The molecule has 22 heavy (non-hydrogen) atoms. The van der Waals surface area contributed by atoms with Gasteiger partial charge in [-0.1, -0.05) is 6.07 Å². The molecule has 5 heteroatoms. The summed E-state index contributed by atoms with van der Waals surface area (Å²) >= 11 is 1.48. The van der Waals surface area contributed by atoms with E-state index in [1.807, 2.05) is 18.2 Å². The second-order valence-electron chi connectivity index (χ2n) is 6.94. The molecule has 0 aliphatic carbocycles. The van der Waals surface area contributed by atoms with E-state index in [9.17, 15) is 4.79 Å². The van der Waals surface area contributed by atoms with Crippen LogP contribution in [0.3, 0.4) is 0 Å². The molecule has 0 radical (unpaired) electrons. The summed E-state index contributed by atoms with van der Waals surface area (Å²) in [6.45, 7) is 6.85. The predicted octanol–water partition coefficient (Wildman–Crippen LogP) is 2.90. The molecule has 5 rings (SSSR count). The summed E-state index contributed by atoms with van der Waals surface area (Å²) in [5.41, 5.74) is 0.0474. The maximum Gasteiger partial charge on any atom is 0.261 e. The van der Waals surface area contributed by atoms with Crippen molar-refractivity contribution in [3.63, 3.8) is 0 Å². The van der Waals surface area contributed by atoms with Crippen LogP contribution in [0.2, 0.25) is 0 Å². The Morgan fingerprint density at radius 2 is 2.18 bits per heavy atom. The number of hydrogen-bond acceptors (Lipinski definition) is 4. The number of fused-ring (bicyclic) bond motifs is 4. The van der Waals surface area contributed by atoms with Crippen LogP contribution in [-0.2, 0) is 0 Å². The van der Waals surface area contributed by atoms with Crippen molar-refractivity contribution < 1.29 is 4.79 Å². The number of hydrogen-bond donors (Lipinski definition) is 1. The molecule has 1 unspecified atom stereocenters. The molecule has 116 valence electrons. The topological polar surface area (TPSA) is 45.2 Å². The van der Waals surface area contributed by atoms with Crippen LogP contribution in [0.25, 0.3) is 10.2 Å². The number of carbonyl (C=O) groups excluding carboxylic acids is 1. The minimum Gasteiger partial charge on any atom is -0.346 e. The van der Waals surface area contributed by atoms with E-state index >= 15 is 0 Å². The Labute approximate surface area is 134 Å².